The monoisotopic (exact) mass is 394 g/mol. The average Bonchev–Trinajstić information content (AvgIpc) is 2.54. The Morgan fingerprint density at radius 1 is 1.17 bits per heavy atom. The van der Waals surface area contributed by atoms with Crippen LogP contribution in [0.5, 0.6) is 5.75 Å². The van der Waals surface area contributed by atoms with Gasteiger partial charge in [-0.3, -0.25) is 20.4 Å². The number of hydrogen-bond donors (Lipinski definition) is 2. The number of nitrogens with one attached hydrogen (secondary N) is 2. The molecule has 0 unspecified atom stereocenters. The molecule has 24 heavy (non-hydrogen) atoms. The minimum absolute atomic E-state index is 0.173. The SMILES string of the molecule is C[C@H](Oc1cccc(Br)c1)C(=O)NNC(=O)Cc1ccccc1F. The maximum Gasteiger partial charge on any atom is 0.279 e. The lowest BCUT2D eigenvalue weighted by Gasteiger charge is -2.15. The minimum atomic E-state index is -0.812. The fourth-order valence-corrected chi connectivity index (χ4v) is 2.27. The number of rotatable bonds is 5. The molecule has 0 fully saturated rings. The zero-order valence-corrected chi connectivity index (χ0v) is 14.5. The summed E-state index contributed by atoms with van der Waals surface area (Å²) in [6.45, 7) is 1.55. The average molecular weight is 395 g/mol. The zero-order chi connectivity index (χ0) is 17.5. The van der Waals surface area contributed by atoms with E-state index in [1.165, 1.54) is 12.1 Å². The third-order valence-corrected chi connectivity index (χ3v) is 3.61. The van der Waals surface area contributed by atoms with Gasteiger partial charge in [0.15, 0.2) is 6.10 Å². The number of carbonyl (C=O) groups is 2. The smallest absolute Gasteiger partial charge is 0.279 e. The molecule has 0 radical (unpaired) electrons. The van der Waals surface area contributed by atoms with Crippen molar-refractivity contribution in [3.8, 4) is 5.75 Å². The number of hydrazine groups is 1. The van der Waals surface area contributed by atoms with Crippen LogP contribution in [0.1, 0.15) is 12.5 Å². The van der Waals surface area contributed by atoms with Crippen molar-refractivity contribution >= 4 is 27.7 Å². The van der Waals surface area contributed by atoms with Crippen LogP contribution in [-0.2, 0) is 16.0 Å². The van der Waals surface area contributed by atoms with Crippen LogP contribution in [0, 0.1) is 5.82 Å². The summed E-state index contributed by atoms with van der Waals surface area (Å²) in [6.07, 6.45) is -0.985. The highest BCUT2D eigenvalue weighted by atomic mass is 79.9. The molecule has 2 amide bonds. The molecule has 0 aliphatic heterocycles. The van der Waals surface area contributed by atoms with Gasteiger partial charge >= 0.3 is 0 Å². The molecular weight excluding hydrogens is 379 g/mol. The molecule has 0 bridgehead atoms. The van der Waals surface area contributed by atoms with Gasteiger partial charge in [-0.05, 0) is 36.8 Å². The lowest BCUT2D eigenvalue weighted by molar-refractivity contribution is -0.132. The predicted octanol–water partition coefficient (Wildman–Crippen LogP) is 2.75. The predicted molar refractivity (Wildman–Crippen MR) is 90.6 cm³/mol. The van der Waals surface area contributed by atoms with Crippen LogP contribution in [0.15, 0.2) is 53.0 Å². The van der Waals surface area contributed by atoms with Crippen molar-refractivity contribution in [1.29, 1.82) is 0 Å². The van der Waals surface area contributed by atoms with E-state index in [1.807, 2.05) is 6.07 Å². The molecule has 126 valence electrons. The largest absolute Gasteiger partial charge is 0.481 e. The summed E-state index contributed by atoms with van der Waals surface area (Å²) in [5.41, 5.74) is 4.75. The molecule has 0 aliphatic carbocycles. The Hall–Kier alpha value is -2.41. The van der Waals surface area contributed by atoms with E-state index >= 15 is 0 Å². The van der Waals surface area contributed by atoms with Gasteiger partial charge < -0.3 is 4.74 Å². The van der Waals surface area contributed by atoms with E-state index in [0.29, 0.717) is 5.75 Å². The number of benzene rings is 2. The van der Waals surface area contributed by atoms with Crippen molar-refractivity contribution in [2.24, 2.45) is 0 Å². The summed E-state index contributed by atoms with van der Waals surface area (Å²) in [7, 11) is 0. The number of carbonyl (C=O) groups excluding carboxylic acids is 2. The molecule has 5 nitrogen and oxygen atoms in total. The quantitative estimate of drug-likeness (QED) is 0.766. The van der Waals surface area contributed by atoms with Gasteiger partial charge in [-0.25, -0.2) is 4.39 Å². The van der Waals surface area contributed by atoms with E-state index in [0.717, 1.165) is 4.47 Å². The van der Waals surface area contributed by atoms with E-state index < -0.39 is 23.7 Å². The maximum absolute atomic E-state index is 13.5. The first-order valence-corrected chi connectivity index (χ1v) is 7.99. The second kappa shape index (κ2) is 8.44. The molecule has 0 spiro atoms. The van der Waals surface area contributed by atoms with Crippen LogP contribution < -0.4 is 15.6 Å². The first-order chi connectivity index (χ1) is 11.5. The van der Waals surface area contributed by atoms with Crippen LogP contribution >= 0.6 is 15.9 Å². The summed E-state index contributed by atoms with van der Waals surface area (Å²) in [5, 5.41) is 0. The molecule has 0 aliphatic rings. The van der Waals surface area contributed by atoms with E-state index in [-0.39, 0.29) is 12.0 Å². The summed E-state index contributed by atoms with van der Waals surface area (Å²) in [6, 6.07) is 13.0. The highest BCUT2D eigenvalue weighted by Gasteiger charge is 2.16. The van der Waals surface area contributed by atoms with E-state index in [9.17, 15) is 14.0 Å². The van der Waals surface area contributed by atoms with E-state index in [2.05, 4.69) is 26.8 Å². The number of hydrogen-bond acceptors (Lipinski definition) is 3. The van der Waals surface area contributed by atoms with Crippen molar-refractivity contribution in [3.05, 3.63) is 64.4 Å². The second-order valence-electron chi connectivity index (χ2n) is 5.02. The highest BCUT2D eigenvalue weighted by molar-refractivity contribution is 9.10. The Morgan fingerprint density at radius 3 is 2.62 bits per heavy atom. The number of halogens is 2. The van der Waals surface area contributed by atoms with Crippen LogP contribution in [-0.4, -0.2) is 17.9 Å². The Balaban J connectivity index is 1.81. The number of amides is 2. The van der Waals surface area contributed by atoms with Crippen molar-refractivity contribution in [1.82, 2.24) is 10.9 Å². The van der Waals surface area contributed by atoms with Gasteiger partial charge in [0.1, 0.15) is 11.6 Å². The highest BCUT2D eigenvalue weighted by Crippen LogP contribution is 2.18. The van der Waals surface area contributed by atoms with Crippen LogP contribution in [0.4, 0.5) is 4.39 Å². The van der Waals surface area contributed by atoms with E-state index in [4.69, 9.17) is 4.74 Å². The number of ether oxygens (including phenoxy) is 1. The third kappa shape index (κ3) is 5.34. The first-order valence-electron chi connectivity index (χ1n) is 7.20. The molecule has 0 saturated heterocycles. The fourth-order valence-electron chi connectivity index (χ4n) is 1.89. The Morgan fingerprint density at radius 2 is 1.92 bits per heavy atom. The maximum atomic E-state index is 13.5. The zero-order valence-electron chi connectivity index (χ0n) is 12.9. The normalized spacial score (nSPS) is 11.5. The van der Waals surface area contributed by atoms with Crippen LogP contribution in [0.3, 0.4) is 0 Å². The summed E-state index contributed by atoms with van der Waals surface area (Å²) in [5.74, 6) is -0.991. The molecule has 7 heteroatoms. The molecule has 0 saturated carbocycles. The molecule has 2 rings (SSSR count). The van der Waals surface area contributed by atoms with Crippen molar-refractivity contribution < 1.29 is 18.7 Å². The summed E-state index contributed by atoms with van der Waals surface area (Å²) in [4.78, 5) is 23.7. The van der Waals surface area contributed by atoms with Gasteiger partial charge in [-0.15, -0.1) is 0 Å². The topological polar surface area (TPSA) is 67.4 Å². The molecule has 0 heterocycles. The molecule has 2 aromatic carbocycles. The van der Waals surface area contributed by atoms with Crippen LogP contribution in [0.2, 0.25) is 0 Å². The second-order valence-corrected chi connectivity index (χ2v) is 5.94. The lowest BCUT2D eigenvalue weighted by atomic mass is 10.1. The molecule has 0 aromatic heterocycles. The van der Waals surface area contributed by atoms with Crippen molar-refractivity contribution in [3.63, 3.8) is 0 Å². The standard InChI is InChI=1S/C17H16BrFN2O3/c1-11(24-14-7-4-6-13(18)10-14)17(23)21-20-16(22)9-12-5-2-3-8-15(12)19/h2-8,10-11H,9H2,1H3,(H,20,22)(H,21,23)/t11-/m0/s1. The van der Waals surface area contributed by atoms with Crippen molar-refractivity contribution in [2.75, 3.05) is 0 Å². The molecular formula is C17H16BrFN2O3. The van der Waals surface area contributed by atoms with Crippen molar-refractivity contribution in [2.45, 2.75) is 19.4 Å². The minimum Gasteiger partial charge on any atom is -0.481 e. The summed E-state index contributed by atoms with van der Waals surface area (Å²) >= 11 is 3.31. The molecule has 2 N–H and O–H groups in total. The molecule has 1 atom stereocenters. The van der Waals surface area contributed by atoms with Gasteiger partial charge in [-0.1, -0.05) is 40.2 Å². The molecule has 2 aromatic rings. The third-order valence-electron chi connectivity index (χ3n) is 3.11. The van der Waals surface area contributed by atoms with Gasteiger partial charge in [-0.2, -0.15) is 0 Å². The van der Waals surface area contributed by atoms with Gasteiger partial charge in [0.2, 0.25) is 5.91 Å². The van der Waals surface area contributed by atoms with Crippen LogP contribution in [0.25, 0.3) is 0 Å². The Labute approximate surface area is 147 Å². The van der Waals surface area contributed by atoms with E-state index in [1.54, 1.807) is 37.3 Å². The Kier molecular flexibility index (Phi) is 6.31. The Bertz CT molecular complexity index is 739. The van der Waals surface area contributed by atoms with Gasteiger partial charge in [0.25, 0.3) is 5.91 Å². The van der Waals surface area contributed by atoms with Gasteiger partial charge in [0.05, 0.1) is 6.42 Å². The van der Waals surface area contributed by atoms with Gasteiger partial charge in [0, 0.05) is 4.47 Å². The lowest BCUT2D eigenvalue weighted by Crippen LogP contribution is -2.47. The first kappa shape index (κ1) is 17.9. The summed E-state index contributed by atoms with van der Waals surface area (Å²) < 4.78 is 19.8. The fraction of sp³-hybridized carbons (Fsp3) is 0.176.